The molecule has 0 unspecified atom stereocenters. The van der Waals surface area contributed by atoms with Gasteiger partial charge < -0.3 is 10.6 Å². The third kappa shape index (κ3) is 4.58. The van der Waals surface area contributed by atoms with E-state index in [2.05, 4.69) is 38.2 Å². The SMILES string of the molecule is O=C(N[C@H]1CC[C@@H](Nc2ccnc3cc(Cl)ccc23)CC1)c1ccc(I)cc1. The molecule has 4 rings (SSSR count). The minimum absolute atomic E-state index is 0.0183. The molecule has 1 heterocycles. The summed E-state index contributed by atoms with van der Waals surface area (Å²) in [6.45, 7) is 0. The fourth-order valence-electron chi connectivity index (χ4n) is 3.72. The first kappa shape index (κ1) is 19.5. The minimum Gasteiger partial charge on any atom is -0.382 e. The van der Waals surface area contributed by atoms with Gasteiger partial charge in [0.1, 0.15) is 0 Å². The number of hydrogen-bond acceptors (Lipinski definition) is 3. The van der Waals surface area contributed by atoms with Crippen molar-refractivity contribution in [3.05, 3.63) is 68.9 Å². The maximum atomic E-state index is 12.4. The molecule has 0 radical (unpaired) electrons. The molecule has 3 aromatic rings. The number of halogens is 2. The van der Waals surface area contributed by atoms with Crippen LogP contribution in [0.1, 0.15) is 36.0 Å². The Bertz CT molecular complexity index is 985. The van der Waals surface area contributed by atoms with E-state index in [1.165, 1.54) is 0 Å². The van der Waals surface area contributed by atoms with Gasteiger partial charge in [-0.25, -0.2) is 0 Å². The zero-order valence-electron chi connectivity index (χ0n) is 15.3. The number of nitrogens with zero attached hydrogens (tertiary/aromatic N) is 1. The van der Waals surface area contributed by atoms with Crippen LogP contribution in [0, 0.1) is 3.57 Å². The van der Waals surface area contributed by atoms with E-state index in [0.29, 0.717) is 11.1 Å². The van der Waals surface area contributed by atoms with E-state index in [4.69, 9.17) is 11.6 Å². The van der Waals surface area contributed by atoms with Crippen LogP contribution >= 0.6 is 34.2 Å². The number of carbonyl (C=O) groups excluding carboxylic acids is 1. The summed E-state index contributed by atoms with van der Waals surface area (Å²) in [5, 5.41) is 8.62. The van der Waals surface area contributed by atoms with Crippen LogP contribution in [-0.2, 0) is 0 Å². The van der Waals surface area contributed by atoms with Crippen LogP contribution in [-0.4, -0.2) is 23.0 Å². The van der Waals surface area contributed by atoms with Gasteiger partial charge in [-0.05, 0) is 96.8 Å². The van der Waals surface area contributed by atoms with E-state index in [1.54, 1.807) is 0 Å². The summed E-state index contributed by atoms with van der Waals surface area (Å²) in [5.41, 5.74) is 2.71. The van der Waals surface area contributed by atoms with Crippen molar-refractivity contribution in [1.29, 1.82) is 0 Å². The molecule has 1 amide bonds. The van der Waals surface area contributed by atoms with E-state index in [-0.39, 0.29) is 11.9 Å². The minimum atomic E-state index is 0.0183. The predicted octanol–water partition coefficient (Wildman–Crippen LogP) is 5.65. The second kappa shape index (κ2) is 8.66. The molecule has 0 aliphatic heterocycles. The van der Waals surface area contributed by atoms with Crippen molar-refractivity contribution in [2.45, 2.75) is 37.8 Å². The topological polar surface area (TPSA) is 54.0 Å². The standard InChI is InChI=1S/C22H21ClIN3O/c23-15-3-10-19-20(11-12-25-21(19)13-15)26-17-6-8-18(9-7-17)27-22(28)14-1-4-16(24)5-2-14/h1-5,10-13,17-18H,6-9H2,(H,25,26)(H,27,28)/t17-,18+. The van der Waals surface area contributed by atoms with Crippen molar-refractivity contribution in [3.8, 4) is 0 Å². The maximum absolute atomic E-state index is 12.4. The summed E-state index contributed by atoms with van der Waals surface area (Å²) in [6, 6.07) is 16.1. The number of carbonyl (C=O) groups is 1. The summed E-state index contributed by atoms with van der Waals surface area (Å²) in [7, 11) is 0. The molecule has 1 aromatic heterocycles. The summed E-state index contributed by atoms with van der Waals surface area (Å²) < 4.78 is 1.13. The fraction of sp³-hybridized carbons (Fsp3) is 0.273. The van der Waals surface area contributed by atoms with Crippen molar-refractivity contribution < 1.29 is 4.79 Å². The quantitative estimate of drug-likeness (QED) is 0.451. The van der Waals surface area contributed by atoms with Gasteiger partial charge in [0.05, 0.1) is 5.52 Å². The average molecular weight is 506 g/mol. The Balaban J connectivity index is 1.34. The van der Waals surface area contributed by atoms with Gasteiger partial charge in [-0.2, -0.15) is 0 Å². The van der Waals surface area contributed by atoms with Gasteiger partial charge in [-0.3, -0.25) is 9.78 Å². The summed E-state index contributed by atoms with van der Waals surface area (Å²) in [6.07, 6.45) is 5.81. The Morgan fingerprint density at radius 2 is 1.71 bits per heavy atom. The van der Waals surface area contributed by atoms with Gasteiger partial charge >= 0.3 is 0 Å². The monoisotopic (exact) mass is 505 g/mol. The van der Waals surface area contributed by atoms with Gasteiger partial charge in [0, 0.05) is 43.5 Å². The van der Waals surface area contributed by atoms with Crippen LogP contribution in [0.25, 0.3) is 10.9 Å². The van der Waals surface area contributed by atoms with E-state index in [0.717, 1.165) is 51.4 Å². The molecule has 1 aliphatic carbocycles. The van der Waals surface area contributed by atoms with Crippen molar-refractivity contribution >= 4 is 56.7 Å². The highest BCUT2D eigenvalue weighted by atomic mass is 127. The molecule has 0 spiro atoms. The van der Waals surface area contributed by atoms with E-state index in [1.807, 2.05) is 54.7 Å². The van der Waals surface area contributed by atoms with Crippen molar-refractivity contribution in [2.24, 2.45) is 0 Å². The van der Waals surface area contributed by atoms with E-state index in [9.17, 15) is 4.79 Å². The van der Waals surface area contributed by atoms with Crippen LogP contribution < -0.4 is 10.6 Å². The lowest BCUT2D eigenvalue weighted by Crippen LogP contribution is -2.40. The molecule has 1 aliphatic rings. The molecule has 28 heavy (non-hydrogen) atoms. The molecule has 0 bridgehead atoms. The smallest absolute Gasteiger partial charge is 0.251 e. The molecule has 2 aromatic carbocycles. The highest BCUT2D eigenvalue weighted by Crippen LogP contribution is 2.28. The number of benzene rings is 2. The number of pyridine rings is 1. The lowest BCUT2D eigenvalue weighted by molar-refractivity contribution is 0.0926. The van der Waals surface area contributed by atoms with Crippen molar-refractivity contribution in [2.75, 3.05) is 5.32 Å². The highest BCUT2D eigenvalue weighted by Gasteiger charge is 2.23. The molecule has 1 fully saturated rings. The number of amides is 1. The molecule has 0 atom stereocenters. The second-order valence-corrected chi connectivity index (χ2v) is 8.88. The van der Waals surface area contributed by atoms with Crippen molar-refractivity contribution in [1.82, 2.24) is 10.3 Å². The van der Waals surface area contributed by atoms with E-state index < -0.39 is 0 Å². The number of hydrogen-bond donors (Lipinski definition) is 2. The molecular formula is C22H21ClIN3O. The molecule has 1 saturated carbocycles. The third-order valence-corrected chi connectivity index (χ3v) is 6.19. The van der Waals surface area contributed by atoms with Gasteiger partial charge in [-0.15, -0.1) is 0 Å². The van der Waals surface area contributed by atoms with Crippen LogP contribution in [0.3, 0.4) is 0 Å². The Morgan fingerprint density at radius 3 is 2.46 bits per heavy atom. The van der Waals surface area contributed by atoms with Crippen LogP contribution in [0.15, 0.2) is 54.7 Å². The highest BCUT2D eigenvalue weighted by molar-refractivity contribution is 14.1. The summed E-state index contributed by atoms with van der Waals surface area (Å²) in [4.78, 5) is 16.8. The maximum Gasteiger partial charge on any atom is 0.251 e. The zero-order valence-corrected chi connectivity index (χ0v) is 18.2. The zero-order chi connectivity index (χ0) is 19.5. The Labute approximate surface area is 183 Å². The Hall–Kier alpha value is -1.86. The number of aromatic nitrogens is 1. The molecule has 0 saturated heterocycles. The Morgan fingerprint density at radius 1 is 1.00 bits per heavy atom. The van der Waals surface area contributed by atoms with Crippen LogP contribution in [0.5, 0.6) is 0 Å². The van der Waals surface area contributed by atoms with Gasteiger partial charge in [0.25, 0.3) is 5.91 Å². The molecule has 144 valence electrons. The first-order chi connectivity index (χ1) is 13.6. The molecule has 2 N–H and O–H groups in total. The van der Waals surface area contributed by atoms with Gasteiger partial charge in [-0.1, -0.05) is 11.6 Å². The number of rotatable bonds is 4. The number of anilines is 1. The van der Waals surface area contributed by atoms with E-state index >= 15 is 0 Å². The summed E-state index contributed by atoms with van der Waals surface area (Å²) >= 11 is 8.32. The predicted molar refractivity (Wildman–Crippen MR) is 123 cm³/mol. The van der Waals surface area contributed by atoms with Crippen LogP contribution in [0.2, 0.25) is 5.02 Å². The third-order valence-electron chi connectivity index (χ3n) is 5.23. The molecule has 6 heteroatoms. The first-order valence-electron chi connectivity index (χ1n) is 9.46. The lowest BCUT2D eigenvalue weighted by Gasteiger charge is -2.30. The Kier molecular flexibility index (Phi) is 6.01. The second-order valence-electron chi connectivity index (χ2n) is 7.19. The van der Waals surface area contributed by atoms with Gasteiger partial charge in [0.15, 0.2) is 0 Å². The van der Waals surface area contributed by atoms with Crippen molar-refractivity contribution in [3.63, 3.8) is 0 Å². The number of fused-ring (bicyclic) bond motifs is 1. The first-order valence-corrected chi connectivity index (χ1v) is 10.9. The average Bonchev–Trinajstić information content (AvgIpc) is 2.70. The molecule has 4 nitrogen and oxygen atoms in total. The lowest BCUT2D eigenvalue weighted by atomic mass is 9.90. The fourth-order valence-corrected chi connectivity index (χ4v) is 4.25. The van der Waals surface area contributed by atoms with Gasteiger partial charge in [0.2, 0.25) is 0 Å². The summed E-state index contributed by atoms with van der Waals surface area (Å²) in [5.74, 6) is 0.0183. The number of nitrogens with one attached hydrogen (secondary N) is 2. The van der Waals surface area contributed by atoms with Crippen LogP contribution in [0.4, 0.5) is 5.69 Å². The largest absolute Gasteiger partial charge is 0.382 e. The molecular weight excluding hydrogens is 485 g/mol. The normalized spacial score (nSPS) is 19.4.